The minimum Gasteiger partial charge on any atom is -0.389 e. The molecule has 0 aliphatic rings. The lowest BCUT2D eigenvalue weighted by atomic mass is 10.2. The van der Waals surface area contributed by atoms with Gasteiger partial charge in [-0.15, -0.1) is 0 Å². The van der Waals surface area contributed by atoms with Gasteiger partial charge in [-0.1, -0.05) is 12.2 Å². The van der Waals surface area contributed by atoms with Gasteiger partial charge in [-0.25, -0.2) is 12.8 Å². The van der Waals surface area contributed by atoms with Crippen LogP contribution in [0.4, 0.5) is 10.2 Å². The van der Waals surface area contributed by atoms with Crippen LogP contribution < -0.4 is 10.5 Å². The molecule has 0 saturated heterocycles. The van der Waals surface area contributed by atoms with Gasteiger partial charge in [-0.3, -0.25) is 9.82 Å². The van der Waals surface area contributed by atoms with E-state index < -0.39 is 15.8 Å². The lowest BCUT2D eigenvalue weighted by Gasteiger charge is -2.10. The zero-order valence-corrected chi connectivity index (χ0v) is 12.0. The van der Waals surface area contributed by atoms with Gasteiger partial charge in [0.25, 0.3) is 10.0 Å². The van der Waals surface area contributed by atoms with E-state index >= 15 is 0 Å². The number of sulfonamides is 1. The second-order valence-electron chi connectivity index (χ2n) is 4.04. The fourth-order valence-electron chi connectivity index (χ4n) is 1.65. The Morgan fingerprint density at radius 3 is 2.80 bits per heavy atom. The molecular weight excluding hydrogens is 303 g/mol. The summed E-state index contributed by atoms with van der Waals surface area (Å²) in [6.07, 6.45) is 1.32. The first kappa shape index (κ1) is 14.4. The molecule has 0 aliphatic carbocycles. The Morgan fingerprint density at radius 1 is 1.50 bits per heavy atom. The molecule has 0 atom stereocenters. The second kappa shape index (κ2) is 5.17. The minimum atomic E-state index is -3.89. The van der Waals surface area contributed by atoms with Crippen LogP contribution in [-0.4, -0.2) is 23.6 Å². The lowest BCUT2D eigenvalue weighted by Crippen LogP contribution is -2.18. The van der Waals surface area contributed by atoms with Crippen molar-refractivity contribution in [3.8, 4) is 0 Å². The standard InChI is InChI=1S/C11H11FN4O2S2/c1-6-4-7(12)2-3-9(6)20(17,18)16-11-8(10(13)19)5-14-15-11/h2-5H,1H3,(H2,13,19)(H2,14,15,16). The molecule has 0 spiro atoms. The molecule has 0 aliphatic heterocycles. The molecule has 0 unspecified atom stereocenters. The van der Waals surface area contributed by atoms with Crippen molar-refractivity contribution in [2.75, 3.05) is 4.72 Å². The minimum absolute atomic E-state index is 0.00674. The summed E-state index contributed by atoms with van der Waals surface area (Å²) in [5, 5.41) is 6.14. The molecule has 2 aromatic rings. The summed E-state index contributed by atoms with van der Waals surface area (Å²) in [6.45, 7) is 1.50. The molecule has 1 heterocycles. The Hall–Kier alpha value is -2.00. The fourth-order valence-corrected chi connectivity index (χ4v) is 3.07. The summed E-state index contributed by atoms with van der Waals surface area (Å²) in [7, 11) is -3.89. The number of aromatic amines is 1. The molecule has 9 heteroatoms. The van der Waals surface area contributed by atoms with Crippen LogP contribution in [0.5, 0.6) is 0 Å². The number of benzene rings is 1. The van der Waals surface area contributed by atoms with Crippen molar-refractivity contribution in [3.05, 3.63) is 41.3 Å². The molecule has 6 nitrogen and oxygen atoms in total. The van der Waals surface area contributed by atoms with Crippen LogP contribution in [-0.2, 0) is 10.0 Å². The summed E-state index contributed by atoms with van der Waals surface area (Å²) in [5.74, 6) is -0.437. The van der Waals surface area contributed by atoms with Crippen molar-refractivity contribution in [1.82, 2.24) is 10.2 Å². The Morgan fingerprint density at radius 2 is 2.20 bits per heavy atom. The Bertz CT molecular complexity index is 770. The third-order valence-electron chi connectivity index (χ3n) is 2.57. The molecule has 20 heavy (non-hydrogen) atoms. The van der Waals surface area contributed by atoms with Crippen LogP contribution in [0.2, 0.25) is 0 Å². The molecule has 0 amide bonds. The van der Waals surface area contributed by atoms with Crippen molar-refractivity contribution >= 4 is 33.0 Å². The highest BCUT2D eigenvalue weighted by Gasteiger charge is 2.20. The monoisotopic (exact) mass is 314 g/mol. The molecule has 106 valence electrons. The van der Waals surface area contributed by atoms with Gasteiger partial charge in [0.1, 0.15) is 16.6 Å². The third-order valence-corrected chi connectivity index (χ3v) is 4.30. The van der Waals surface area contributed by atoms with Gasteiger partial charge in [-0.2, -0.15) is 5.10 Å². The first-order chi connectivity index (χ1) is 9.31. The van der Waals surface area contributed by atoms with Crippen molar-refractivity contribution in [2.45, 2.75) is 11.8 Å². The number of halogens is 1. The average molecular weight is 314 g/mol. The number of thiocarbonyl (C=S) groups is 1. The number of nitrogens with two attached hydrogens (primary N) is 1. The number of rotatable bonds is 4. The van der Waals surface area contributed by atoms with Crippen LogP contribution in [0, 0.1) is 12.7 Å². The molecule has 1 aromatic heterocycles. The molecule has 1 aromatic carbocycles. The summed E-state index contributed by atoms with van der Waals surface area (Å²) in [5.41, 5.74) is 6.02. The van der Waals surface area contributed by atoms with Crippen molar-refractivity contribution in [1.29, 1.82) is 0 Å². The number of nitrogens with one attached hydrogen (secondary N) is 2. The number of hydrogen-bond acceptors (Lipinski definition) is 4. The number of nitrogens with zero attached hydrogens (tertiary/aromatic N) is 1. The Kier molecular flexibility index (Phi) is 3.73. The fraction of sp³-hybridized carbons (Fsp3) is 0.0909. The molecule has 2 rings (SSSR count). The lowest BCUT2D eigenvalue weighted by molar-refractivity contribution is 0.598. The number of H-pyrrole nitrogens is 1. The van der Waals surface area contributed by atoms with Crippen LogP contribution in [0.1, 0.15) is 11.1 Å². The molecule has 0 saturated carbocycles. The van der Waals surface area contributed by atoms with Gasteiger partial charge in [0.15, 0.2) is 0 Å². The van der Waals surface area contributed by atoms with E-state index in [1.807, 2.05) is 0 Å². The van der Waals surface area contributed by atoms with Gasteiger partial charge in [0.2, 0.25) is 0 Å². The number of aryl methyl sites for hydroxylation is 1. The van der Waals surface area contributed by atoms with Crippen LogP contribution in [0.15, 0.2) is 29.3 Å². The Balaban J connectivity index is 2.41. The second-order valence-corrected chi connectivity index (χ2v) is 6.13. The normalized spacial score (nSPS) is 11.3. The maximum atomic E-state index is 13.0. The zero-order valence-electron chi connectivity index (χ0n) is 10.3. The topological polar surface area (TPSA) is 101 Å². The summed E-state index contributed by atoms with van der Waals surface area (Å²) < 4.78 is 39.8. The predicted molar refractivity (Wildman–Crippen MR) is 76.4 cm³/mol. The predicted octanol–water partition coefficient (Wildman–Crippen LogP) is 1.29. The van der Waals surface area contributed by atoms with E-state index in [1.165, 1.54) is 19.2 Å². The smallest absolute Gasteiger partial charge is 0.263 e. The van der Waals surface area contributed by atoms with Crippen LogP contribution in [0.25, 0.3) is 0 Å². The van der Waals surface area contributed by atoms with E-state index in [1.54, 1.807) is 0 Å². The molecule has 4 N–H and O–H groups in total. The maximum Gasteiger partial charge on any atom is 0.263 e. The number of aromatic nitrogens is 2. The highest BCUT2D eigenvalue weighted by molar-refractivity contribution is 7.92. The van der Waals surface area contributed by atoms with Gasteiger partial charge >= 0.3 is 0 Å². The Labute approximate surface area is 120 Å². The largest absolute Gasteiger partial charge is 0.389 e. The van der Waals surface area contributed by atoms with Crippen molar-refractivity contribution in [2.24, 2.45) is 5.73 Å². The number of hydrogen-bond donors (Lipinski definition) is 3. The van der Waals surface area contributed by atoms with Gasteiger partial charge in [-0.05, 0) is 30.7 Å². The highest BCUT2D eigenvalue weighted by atomic mass is 32.2. The average Bonchev–Trinajstić information content (AvgIpc) is 2.75. The summed E-state index contributed by atoms with van der Waals surface area (Å²) in [6, 6.07) is 3.39. The summed E-state index contributed by atoms with van der Waals surface area (Å²) in [4.78, 5) is -0.0327. The molecular formula is C11H11FN4O2S2. The van der Waals surface area contributed by atoms with E-state index in [-0.39, 0.29) is 26.8 Å². The zero-order chi connectivity index (χ0) is 14.9. The van der Waals surface area contributed by atoms with E-state index in [0.717, 1.165) is 12.1 Å². The number of anilines is 1. The van der Waals surface area contributed by atoms with Crippen molar-refractivity contribution < 1.29 is 12.8 Å². The van der Waals surface area contributed by atoms with Crippen LogP contribution in [0.3, 0.4) is 0 Å². The van der Waals surface area contributed by atoms with Gasteiger partial charge in [0.05, 0.1) is 16.7 Å². The third kappa shape index (κ3) is 2.78. The first-order valence-corrected chi connectivity index (χ1v) is 7.32. The first-order valence-electron chi connectivity index (χ1n) is 5.43. The van der Waals surface area contributed by atoms with E-state index in [0.29, 0.717) is 0 Å². The van der Waals surface area contributed by atoms with E-state index in [2.05, 4.69) is 14.9 Å². The van der Waals surface area contributed by atoms with Crippen LogP contribution >= 0.6 is 12.2 Å². The molecule has 0 bridgehead atoms. The molecule has 0 fully saturated rings. The highest BCUT2D eigenvalue weighted by Crippen LogP contribution is 2.20. The summed E-state index contributed by atoms with van der Waals surface area (Å²) >= 11 is 4.79. The van der Waals surface area contributed by atoms with Gasteiger partial charge in [0, 0.05) is 0 Å². The van der Waals surface area contributed by atoms with Gasteiger partial charge < -0.3 is 5.73 Å². The van der Waals surface area contributed by atoms with Crippen molar-refractivity contribution in [3.63, 3.8) is 0 Å². The SMILES string of the molecule is Cc1cc(F)ccc1S(=O)(=O)Nc1[nH]ncc1C(N)=S. The van der Waals surface area contributed by atoms with E-state index in [4.69, 9.17) is 18.0 Å². The maximum absolute atomic E-state index is 13.0. The quantitative estimate of drug-likeness (QED) is 0.738. The molecule has 0 radical (unpaired) electrons. The van der Waals surface area contributed by atoms with E-state index in [9.17, 15) is 12.8 Å².